The Kier molecular flexibility index (Phi) is 5.59. The zero-order valence-corrected chi connectivity index (χ0v) is 14.5. The Hall–Kier alpha value is -1.59. The monoisotopic (exact) mass is 325 g/mol. The lowest BCUT2D eigenvalue weighted by Crippen LogP contribution is -2.34. The number of anilines is 1. The van der Waals surface area contributed by atoms with Gasteiger partial charge in [0.05, 0.1) is 5.92 Å². The number of carbonyl (C=O) groups is 1. The molecule has 2 atom stereocenters. The number of fused-ring (bicyclic) bond motifs is 1. The van der Waals surface area contributed by atoms with Crippen LogP contribution < -0.4 is 11.1 Å². The first-order valence-corrected chi connectivity index (χ1v) is 7.16. The van der Waals surface area contributed by atoms with Crippen LogP contribution in [-0.2, 0) is 10.2 Å². The summed E-state index contributed by atoms with van der Waals surface area (Å²) in [5.74, 6) is 0.344. The molecule has 6 heteroatoms. The van der Waals surface area contributed by atoms with Gasteiger partial charge < -0.3 is 15.5 Å². The molecule has 0 aliphatic heterocycles. The first-order valence-electron chi connectivity index (χ1n) is 7.16. The maximum atomic E-state index is 12.0. The van der Waals surface area contributed by atoms with Crippen molar-refractivity contribution in [3.05, 3.63) is 24.1 Å². The van der Waals surface area contributed by atoms with E-state index in [0.717, 1.165) is 11.1 Å². The van der Waals surface area contributed by atoms with Gasteiger partial charge in [-0.1, -0.05) is 27.7 Å². The molecule has 0 fully saturated rings. The number of nitrogens with one attached hydrogen (secondary N) is 1. The lowest BCUT2D eigenvalue weighted by atomic mass is 9.97. The van der Waals surface area contributed by atoms with Gasteiger partial charge in [0.25, 0.3) is 0 Å². The number of carbonyl (C=O) groups excluding carboxylic acids is 1. The molecule has 1 amide bonds. The van der Waals surface area contributed by atoms with Crippen molar-refractivity contribution in [1.29, 1.82) is 0 Å². The molecule has 5 nitrogen and oxygen atoms in total. The predicted octanol–water partition coefficient (Wildman–Crippen LogP) is 3.47. The molecule has 1 aromatic carbocycles. The van der Waals surface area contributed by atoms with Crippen LogP contribution in [0.15, 0.2) is 22.6 Å². The highest BCUT2D eigenvalue weighted by atomic mass is 35.5. The first-order chi connectivity index (χ1) is 9.68. The summed E-state index contributed by atoms with van der Waals surface area (Å²) in [4.78, 5) is 16.5. The molecular formula is C16H24ClN3O2. The van der Waals surface area contributed by atoms with Gasteiger partial charge >= 0.3 is 0 Å². The third-order valence-electron chi connectivity index (χ3n) is 3.50. The Morgan fingerprint density at radius 2 is 1.95 bits per heavy atom. The highest BCUT2D eigenvalue weighted by Gasteiger charge is 2.21. The number of halogens is 1. The standard InChI is InChI=1S/C16H23N3O2.ClH/c1-9(10(2)17)14(20)18-11-6-7-13-12(8-11)19-15(21-13)16(3,4)5;/h6-10H,17H2,1-5H3,(H,18,20);1H. The van der Waals surface area contributed by atoms with Crippen molar-refractivity contribution in [3.63, 3.8) is 0 Å². The normalized spacial score (nSPS) is 14.3. The van der Waals surface area contributed by atoms with Crippen molar-refractivity contribution in [2.45, 2.75) is 46.1 Å². The van der Waals surface area contributed by atoms with Gasteiger partial charge in [-0.15, -0.1) is 12.4 Å². The summed E-state index contributed by atoms with van der Waals surface area (Å²) in [5.41, 5.74) is 7.76. The minimum absolute atomic E-state index is 0. The van der Waals surface area contributed by atoms with Gasteiger partial charge in [-0.2, -0.15) is 0 Å². The smallest absolute Gasteiger partial charge is 0.228 e. The fourth-order valence-electron chi connectivity index (χ4n) is 1.82. The molecule has 1 aromatic heterocycles. The maximum Gasteiger partial charge on any atom is 0.228 e. The highest BCUT2D eigenvalue weighted by Crippen LogP contribution is 2.27. The third kappa shape index (κ3) is 3.99. The van der Waals surface area contributed by atoms with E-state index in [9.17, 15) is 4.79 Å². The van der Waals surface area contributed by atoms with Crippen LogP contribution in [0.25, 0.3) is 11.1 Å². The van der Waals surface area contributed by atoms with Crippen LogP contribution in [0.5, 0.6) is 0 Å². The molecule has 2 rings (SSSR count). The van der Waals surface area contributed by atoms with Crippen molar-refractivity contribution in [3.8, 4) is 0 Å². The van der Waals surface area contributed by atoms with Crippen LogP contribution in [0.1, 0.15) is 40.5 Å². The summed E-state index contributed by atoms with van der Waals surface area (Å²) in [6.07, 6.45) is 0. The van der Waals surface area contributed by atoms with Crippen molar-refractivity contribution < 1.29 is 9.21 Å². The van der Waals surface area contributed by atoms with Crippen LogP contribution in [0, 0.1) is 5.92 Å². The van der Waals surface area contributed by atoms with Crippen LogP contribution in [-0.4, -0.2) is 16.9 Å². The summed E-state index contributed by atoms with van der Waals surface area (Å²) in [7, 11) is 0. The number of rotatable bonds is 3. The number of hydrogen-bond acceptors (Lipinski definition) is 4. The number of nitrogens with zero attached hydrogens (tertiary/aromatic N) is 1. The highest BCUT2D eigenvalue weighted by molar-refractivity contribution is 5.94. The van der Waals surface area contributed by atoms with Gasteiger partial charge in [0.2, 0.25) is 11.8 Å². The lowest BCUT2D eigenvalue weighted by Gasteiger charge is -2.15. The van der Waals surface area contributed by atoms with Crippen molar-refractivity contribution in [1.82, 2.24) is 4.98 Å². The molecule has 0 radical (unpaired) electrons. The van der Waals surface area contributed by atoms with Crippen molar-refractivity contribution in [2.75, 3.05) is 5.32 Å². The zero-order chi connectivity index (χ0) is 15.8. The number of oxazole rings is 1. The van der Waals surface area contributed by atoms with E-state index in [1.807, 2.05) is 52.8 Å². The largest absolute Gasteiger partial charge is 0.440 e. The Morgan fingerprint density at radius 3 is 2.50 bits per heavy atom. The number of nitrogens with two attached hydrogens (primary N) is 1. The minimum Gasteiger partial charge on any atom is -0.440 e. The molecule has 0 aliphatic carbocycles. The van der Waals surface area contributed by atoms with Crippen LogP contribution >= 0.6 is 12.4 Å². The molecule has 22 heavy (non-hydrogen) atoms. The fourth-order valence-corrected chi connectivity index (χ4v) is 1.82. The predicted molar refractivity (Wildman–Crippen MR) is 91.4 cm³/mol. The second-order valence-corrected chi connectivity index (χ2v) is 6.59. The quantitative estimate of drug-likeness (QED) is 0.905. The van der Waals surface area contributed by atoms with E-state index in [-0.39, 0.29) is 35.7 Å². The molecule has 0 bridgehead atoms. The lowest BCUT2D eigenvalue weighted by molar-refractivity contribution is -0.119. The molecule has 2 aromatic rings. The van der Waals surface area contributed by atoms with Gasteiger partial charge in [0, 0.05) is 17.1 Å². The maximum absolute atomic E-state index is 12.0. The summed E-state index contributed by atoms with van der Waals surface area (Å²) in [6, 6.07) is 5.27. The Labute approximate surface area is 137 Å². The van der Waals surface area contributed by atoms with E-state index in [1.54, 1.807) is 0 Å². The number of aromatic nitrogens is 1. The van der Waals surface area contributed by atoms with Gasteiger partial charge in [-0.05, 0) is 25.1 Å². The molecule has 0 spiro atoms. The molecule has 3 N–H and O–H groups in total. The Bertz CT molecular complexity index is 659. The third-order valence-corrected chi connectivity index (χ3v) is 3.50. The number of amides is 1. The van der Waals surface area contributed by atoms with E-state index >= 15 is 0 Å². The summed E-state index contributed by atoms with van der Waals surface area (Å²) in [6.45, 7) is 9.77. The minimum atomic E-state index is -0.247. The molecule has 0 aliphatic rings. The van der Waals surface area contributed by atoms with E-state index in [2.05, 4.69) is 10.3 Å². The van der Waals surface area contributed by atoms with E-state index in [0.29, 0.717) is 11.6 Å². The van der Waals surface area contributed by atoms with Gasteiger partial charge in [0.15, 0.2) is 5.58 Å². The van der Waals surface area contributed by atoms with Gasteiger partial charge in [-0.3, -0.25) is 4.79 Å². The Balaban J connectivity index is 0.00000242. The number of benzene rings is 1. The second-order valence-electron chi connectivity index (χ2n) is 6.59. The molecular weight excluding hydrogens is 302 g/mol. The topological polar surface area (TPSA) is 81.2 Å². The molecule has 1 heterocycles. The van der Waals surface area contributed by atoms with Crippen molar-refractivity contribution >= 4 is 35.1 Å². The van der Waals surface area contributed by atoms with E-state index in [1.165, 1.54) is 0 Å². The Morgan fingerprint density at radius 1 is 1.32 bits per heavy atom. The van der Waals surface area contributed by atoms with Crippen LogP contribution in [0.4, 0.5) is 5.69 Å². The van der Waals surface area contributed by atoms with E-state index in [4.69, 9.17) is 10.2 Å². The molecule has 122 valence electrons. The fraction of sp³-hybridized carbons (Fsp3) is 0.500. The van der Waals surface area contributed by atoms with Gasteiger partial charge in [-0.25, -0.2) is 4.98 Å². The molecule has 0 saturated heterocycles. The SMILES string of the molecule is CC(N)C(C)C(=O)Nc1ccc2oc(C(C)(C)C)nc2c1.Cl. The van der Waals surface area contributed by atoms with Crippen molar-refractivity contribution in [2.24, 2.45) is 11.7 Å². The summed E-state index contributed by atoms with van der Waals surface area (Å²) in [5, 5.41) is 2.86. The summed E-state index contributed by atoms with van der Waals surface area (Å²) >= 11 is 0. The summed E-state index contributed by atoms with van der Waals surface area (Å²) < 4.78 is 5.73. The first kappa shape index (κ1) is 18.5. The van der Waals surface area contributed by atoms with Crippen LogP contribution in [0.3, 0.4) is 0 Å². The average molecular weight is 326 g/mol. The average Bonchev–Trinajstić information content (AvgIpc) is 2.80. The van der Waals surface area contributed by atoms with Gasteiger partial charge in [0.1, 0.15) is 5.52 Å². The number of hydrogen-bond donors (Lipinski definition) is 2. The zero-order valence-electron chi connectivity index (χ0n) is 13.6. The van der Waals surface area contributed by atoms with E-state index < -0.39 is 0 Å². The van der Waals surface area contributed by atoms with Crippen LogP contribution in [0.2, 0.25) is 0 Å². The molecule has 0 saturated carbocycles. The second kappa shape index (κ2) is 6.67. The molecule has 2 unspecified atom stereocenters.